The van der Waals surface area contributed by atoms with Crippen LogP contribution in [0.15, 0.2) is 0 Å². The Morgan fingerprint density at radius 2 is 2.36 bits per heavy atom. The van der Waals surface area contributed by atoms with Crippen molar-refractivity contribution in [3.63, 3.8) is 0 Å². The number of carbonyl (C=O) groups is 1. The molecule has 4 nitrogen and oxygen atoms in total. The van der Waals surface area contributed by atoms with E-state index in [1.165, 1.54) is 0 Å². The van der Waals surface area contributed by atoms with Crippen molar-refractivity contribution >= 4 is 5.91 Å². The Hall–Kier alpha value is -0.610. The summed E-state index contributed by atoms with van der Waals surface area (Å²) in [5, 5.41) is 12.4. The molecule has 82 valence electrons. The number of nitrogens with zero attached hydrogens (tertiary/aromatic N) is 1. The predicted octanol–water partition coefficient (Wildman–Crippen LogP) is 0.663. The molecule has 2 atom stereocenters. The van der Waals surface area contributed by atoms with Gasteiger partial charge in [0.2, 0.25) is 5.91 Å². The van der Waals surface area contributed by atoms with Gasteiger partial charge < -0.3 is 10.4 Å². The number of carbonyl (C=O) groups excluding carboxylic acids is 1. The van der Waals surface area contributed by atoms with Crippen LogP contribution in [0.2, 0.25) is 0 Å². The number of likely N-dealkylation sites (tertiary alicyclic amines) is 1. The Kier molecular flexibility index (Phi) is 4.35. The van der Waals surface area contributed by atoms with Gasteiger partial charge >= 0.3 is 0 Å². The highest BCUT2D eigenvalue weighted by molar-refractivity contribution is 5.75. The number of hydrogen-bond acceptors (Lipinski definition) is 3. The molecule has 1 saturated heterocycles. The van der Waals surface area contributed by atoms with Gasteiger partial charge in [-0.3, -0.25) is 9.69 Å². The topological polar surface area (TPSA) is 52.6 Å². The lowest BCUT2D eigenvalue weighted by atomic mass is 10.1. The fourth-order valence-electron chi connectivity index (χ4n) is 1.84. The first-order valence-electron chi connectivity index (χ1n) is 5.38. The van der Waals surface area contributed by atoms with E-state index in [-0.39, 0.29) is 12.1 Å². The lowest BCUT2D eigenvalue weighted by molar-refractivity contribution is -0.125. The summed E-state index contributed by atoms with van der Waals surface area (Å²) in [7, 11) is 0. The summed E-state index contributed by atoms with van der Waals surface area (Å²) in [5.41, 5.74) is 0. The van der Waals surface area contributed by atoms with Crippen LogP contribution in [-0.2, 0) is 4.79 Å². The molecule has 1 aliphatic heterocycles. The van der Waals surface area contributed by atoms with E-state index in [1.54, 1.807) is 6.92 Å². The van der Waals surface area contributed by atoms with Crippen LogP contribution >= 0.6 is 0 Å². The number of amides is 1. The first-order valence-corrected chi connectivity index (χ1v) is 5.38. The summed E-state index contributed by atoms with van der Waals surface area (Å²) in [6.45, 7) is 4.45. The summed E-state index contributed by atoms with van der Waals surface area (Å²) in [4.78, 5) is 13.2. The van der Waals surface area contributed by atoms with Gasteiger partial charge in [0.1, 0.15) is 6.23 Å². The Labute approximate surface area is 85.3 Å². The fraction of sp³-hybridized carbons (Fsp3) is 0.900. The molecule has 1 rings (SSSR count). The van der Waals surface area contributed by atoms with Crippen molar-refractivity contribution in [3.8, 4) is 0 Å². The van der Waals surface area contributed by atoms with E-state index >= 15 is 0 Å². The zero-order chi connectivity index (χ0) is 10.6. The Bertz CT molecular complexity index is 195. The Balaban J connectivity index is 2.49. The zero-order valence-electron chi connectivity index (χ0n) is 8.99. The largest absolute Gasteiger partial charge is 0.379 e. The molecule has 0 bridgehead atoms. The maximum Gasteiger partial charge on any atom is 0.220 e. The van der Waals surface area contributed by atoms with E-state index in [2.05, 4.69) is 5.32 Å². The van der Waals surface area contributed by atoms with Crippen LogP contribution in [0, 0.1) is 0 Å². The maximum atomic E-state index is 11.2. The summed E-state index contributed by atoms with van der Waals surface area (Å²) in [6, 6.07) is 0. The minimum absolute atomic E-state index is 0.0243. The van der Waals surface area contributed by atoms with Gasteiger partial charge in [-0.05, 0) is 26.2 Å². The van der Waals surface area contributed by atoms with Crippen LogP contribution in [0.25, 0.3) is 0 Å². The molecule has 4 heteroatoms. The second kappa shape index (κ2) is 5.32. The quantitative estimate of drug-likeness (QED) is 0.704. The second-order valence-electron chi connectivity index (χ2n) is 3.80. The molecule has 0 aromatic heterocycles. The number of hydrogen-bond donors (Lipinski definition) is 2. The summed E-state index contributed by atoms with van der Waals surface area (Å²) >= 11 is 0. The average molecular weight is 200 g/mol. The third-order valence-corrected chi connectivity index (χ3v) is 2.67. The maximum absolute atomic E-state index is 11.2. The van der Waals surface area contributed by atoms with Crippen molar-refractivity contribution in [1.82, 2.24) is 10.2 Å². The summed E-state index contributed by atoms with van der Waals surface area (Å²) in [6.07, 6.45) is 3.22. The smallest absolute Gasteiger partial charge is 0.220 e. The first-order chi connectivity index (χ1) is 6.65. The fourth-order valence-corrected chi connectivity index (χ4v) is 1.84. The van der Waals surface area contributed by atoms with Crippen LogP contribution in [0.5, 0.6) is 0 Å². The molecule has 1 heterocycles. The molecular weight excluding hydrogens is 180 g/mol. The SMILES string of the molecule is CCC(=O)NC1CCCCN1C(C)O. The number of aliphatic hydroxyl groups is 1. The molecule has 1 amide bonds. The van der Waals surface area contributed by atoms with Crippen LogP contribution in [0.1, 0.15) is 39.5 Å². The monoisotopic (exact) mass is 200 g/mol. The van der Waals surface area contributed by atoms with Crippen molar-refractivity contribution in [2.75, 3.05) is 6.54 Å². The minimum Gasteiger partial charge on any atom is -0.379 e. The number of rotatable bonds is 3. The third kappa shape index (κ3) is 2.96. The van der Waals surface area contributed by atoms with Gasteiger partial charge in [-0.15, -0.1) is 0 Å². The van der Waals surface area contributed by atoms with Crippen molar-refractivity contribution in [1.29, 1.82) is 0 Å². The van der Waals surface area contributed by atoms with E-state index in [0.717, 1.165) is 25.8 Å². The first kappa shape index (κ1) is 11.5. The van der Waals surface area contributed by atoms with Gasteiger partial charge in [-0.2, -0.15) is 0 Å². The molecule has 2 unspecified atom stereocenters. The van der Waals surface area contributed by atoms with Crippen LogP contribution < -0.4 is 5.32 Å². The number of aliphatic hydroxyl groups excluding tert-OH is 1. The van der Waals surface area contributed by atoms with E-state index in [0.29, 0.717) is 6.42 Å². The lowest BCUT2D eigenvalue weighted by Gasteiger charge is -2.37. The zero-order valence-corrected chi connectivity index (χ0v) is 8.99. The van der Waals surface area contributed by atoms with Gasteiger partial charge in [0.25, 0.3) is 0 Å². The molecule has 1 aliphatic rings. The minimum atomic E-state index is -0.475. The van der Waals surface area contributed by atoms with E-state index < -0.39 is 6.23 Å². The Morgan fingerprint density at radius 1 is 1.64 bits per heavy atom. The molecular formula is C10H20N2O2. The average Bonchev–Trinajstić information content (AvgIpc) is 2.18. The van der Waals surface area contributed by atoms with Gasteiger partial charge in [0.05, 0.1) is 6.17 Å². The molecule has 0 aromatic carbocycles. The van der Waals surface area contributed by atoms with Gasteiger partial charge in [0.15, 0.2) is 0 Å². The predicted molar refractivity (Wildman–Crippen MR) is 54.5 cm³/mol. The van der Waals surface area contributed by atoms with Crippen molar-refractivity contribution in [2.45, 2.75) is 51.9 Å². The normalized spacial score (nSPS) is 25.8. The van der Waals surface area contributed by atoms with Crippen molar-refractivity contribution in [2.24, 2.45) is 0 Å². The molecule has 14 heavy (non-hydrogen) atoms. The molecule has 0 spiro atoms. The summed E-state index contributed by atoms with van der Waals surface area (Å²) < 4.78 is 0. The lowest BCUT2D eigenvalue weighted by Crippen LogP contribution is -2.53. The highest BCUT2D eigenvalue weighted by Crippen LogP contribution is 2.16. The van der Waals surface area contributed by atoms with E-state index in [1.807, 2.05) is 11.8 Å². The van der Waals surface area contributed by atoms with E-state index in [9.17, 15) is 9.90 Å². The van der Waals surface area contributed by atoms with Gasteiger partial charge in [-0.25, -0.2) is 0 Å². The molecule has 0 radical (unpaired) electrons. The molecule has 0 saturated carbocycles. The second-order valence-corrected chi connectivity index (χ2v) is 3.80. The van der Waals surface area contributed by atoms with Crippen LogP contribution in [0.4, 0.5) is 0 Å². The molecule has 2 N–H and O–H groups in total. The van der Waals surface area contributed by atoms with Crippen molar-refractivity contribution < 1.29 is 9.90 Å². The van der Waals surface area contributed by atoms with Gasteiger partial charge in [0, 0.05) is 13.0 Å². The van der Waals surface area contributed by atoms with Crippen LogP contribution in [0.3, 0.4) is 0 Å². The van der Waals surface area contributed by atoms with Crippen molar-refractivity contribution in [3.05, 3.63) is 0 Å². The van der Waals surface area contributed by atoms with Crippen LogP contribution in [-0.4, -0.2) is 34.9 Å². The van der Waals surface area contributed by atoms with E-state index in [4.69, 9.17) is 0 Å². The Morgan fingerprint density at radius 3 is 2.93 bits per heavy atom. The standard InChI is InChI=1S/C10H20N2O2/c1-3-10(14)11-9-6-4-5-7-12(9)8(2)13/h8-9,13H,3-7H2,1-2H3,(H,11,14). The third-order valence-electron chi connectivity index (χ3n) is 2.67. The molecule has 0 aliphatic carbocycles. The highest BCUT2D eigenvalue weighted by Gasteiger charge is 2.25. The van der Waals surface area contributed by atoms with Gasteiger partial charge in [-0.1, -0.05) is 6.92 Å². The summed E-state index contributed by atoms with van der Waals surface area (Å²) in [5.74, 6) is 0.0579. The highest BCUT2D eigenvalue weighted by atomic mass is 16.3. The number of piperidine rings is 1. The molecule has 1 fully saturated rings. The number of nitrogens with one attached hydrogen (secondary N) is 1. The molecule has 0 aromatic rings.